The van der Waals surface area contributed by atoms with Gasteiger partial charge >= 0.3 is 12.1 Å². The molecule has 12 heteroatoms. The zero-order valence-corrected chi connectivity index (χ0v) is 23.9. The molecule has 1 aliphatic heterocycles. The standard InChI is InChI=1S/C26H46F3N5O4/c1-23(2,3)13-17(32-21(37)18(24(4,5)6)33-22(38)26(27,28)29)20(36)31-16(14-30-9)12-15-10-11-25(7,8)34-19(15)35/h15-19,34-35H,9-14H2,1-8H3,(H,31,36)(H,32,37)(H,33,38)/t15-,16-,17-,18+,19?/m0/s1. The van der Waals surface area contributed by atoms with Gasteiger partial charge in [-0.05, 0) is 57.1 Å². The molecule has 5 atom stereocenters. The van der Waals surface area contributed by atoms with Crippen LogP contribution >= 0.6 is 0 Å². The van der Waals surface area contributed by atoms with E-state index < -0.39 is 59.1 Å². The summed E-state index contributed by atoms with van der Waals surface area (Å²) in [4.78, 5) is 42.1. The van der Waals surface area contributed by atoms with Crippen molar-refractivity contribution < 1.29 is 32.7 Å². The van der Waals surface area contributed by atoms with Crippen molar-refractivity contribution in [3.05, 3.63) is 0 Å². The van der Waals surface area contributed by atoms with E-state index in [4.69, 9.17) is 0 Å². The Morgan fingerprint density at radius 1 is 1.05 bits per heavy atom. The maximum atomic E-state index is 13.4. The van der Waals surface area contributed by atoms with Crippen molar-refractivity contribution in [1.29, 1.82) is 0 Å². The highest BCUT2D eigenvalue weighted by atomic mass is 19.4. The van der Waals surface area contributed by atoms with Crippen LogP contribution in [-0.4, -0.2) is 72.2 Å². The lowest BCUT2D eigenvalue weighted by Gasteiger charge is -2.41. The number of alkyl halides is 3. The van der Waals surface area contributed by atoms with E-state index >= 15 is 0 Å². The summed E-state index contributed by atoms with van der Waals surface area (Å²) < 4.78 is 38.7. The van der Waals surface area contributed by atoms with E-state index in [0.29, 0.717) is 6.42 Å². The molecule has 0 spiro atoms. The van der Waals surface area contributed by atoms with Crippen molar-refractivity contribution in [2.45, 2.75) is 117 Å². The van der Waals surface area contributed by atoms with Gasteiger partial charge in [-0.15, -0.1) is 0 Å². The minimum absolute atomic E-state index is 0.145. The van der Waals surface area contributed by atoms with E-state index in [9.17, 15) is 32.7 Å². The fourth-order valence-electron chi connectivity index (χ4n) is 4.51. The van der Waals surface area contributed by atoms with Gasteiger partial charge in [0, 0.05) is 17.5 Å². The number of nitrogens with one attached hydrogen (secondary N) is 4. The maximum absolute atomic E-state index is 13.4. The number of aliphatic imine (C=N–C) groups is 1. The van der Waals surface area contributed by atoms with Gasteiger partial charge in [-0.3, -0.25) is 24.7 Å². The summed E-state index contributed by atoms with van der Waals surface area (Å²) in [6.45, 7) is 17.8. The van der Waals surface area contributed by atoms with Gasteiger partial charge in [0.15, 0.2) is 0 Å². The molecule has 0 aromatic carbocycles. The first-order valence-electron chi connectivity index (χ1n) is 12.9. The zero-order valence-electron chi connectivity index (χ0n) is 23.9. The molecule has 1 rings (SSSR count). The third-order valence-corrected chi connectivity index (χ3v) is 6.52. The zero-order chi connectivity index (χ0) is 29.7. The average Bonchev–Trinajstić information content (AvgIpc) is 2.70. The molecule has 5 N–H and O–H groups in total. The molecule has 0 aromatic rings. The third kappa shape index (κ3) is 11.3. The molecule has 9 nitrogen and oxygen atoms in total. The predicted octanol–water partition coefficient (Wildman–Crippen LogP) is 2.67. The van der Waals surface area contributed by atoms with Gasteiger partial charge in [0.1, 0.15) is 18.3 Å². The Hall–Kier alpha value is -2.21. The molecule has 3 amide bonds. The van der Waals surface area contributed by atoms with Crippen molar-refractivity contribution in [1.82, 2.24) is 21.3 Å². The Labute approximate surface area is 224 Å². The first-order chi connectivity index (χ1) is 17.1. The number of carbonyl (C=O) groups is 3. The topological polar surface area (TPSA) is 132 Å². The van der Waals surface area contributed by atoms with Crippen LogP contribution in [-0.2, 0) is 14.4 Å². The molecule has 1 saturated heterocycles. The summed E-state index contributed by atoms with van der Waals surface area (Å²) in [5.74, 6) is -3.81. The first kappa shape index (κ1) is 33.8. The van der Waals surface area contributed by atoms with Crippen LogP contribution in [0.4, 0.5) is 13.2 Å². The van der Waals surface area contributed by atoms with Gasteiger partial charge in [-0.2, -0.15) is 13.2 Å². The number of aliphatic hydroxyl groups is 1. The normalized spacial score (nSPS) is 22.5. The Bertz CT molecular complexity index is 849. The number of hydrogen-bond acceptors (Lipinski definition) is 6. The number of piperidine rings is 1. The lowest BCUT2D eigenvalue weighted by Crippen LogP contribution is -2.60. The number of halogens is 3. The monoisotopic (exact) mass is 549 g/mol. The second-order valence-electron chi connectivity index (χ2n) is 13.2. The Kier molecular flexibility index (Phi) is 11.4. The average molecular weight is 550 g/mol. The van der Waals surface area contributed by atoms with Crippen LogP contribution in [0.25, 0.3) is 0 Å². The number of amides is 3. The third-order valence-electron chi connectivity index (χ3n) is 6.52. The van der Waals surface area contributed by atoms with E-state index in [2.05, 4.69) is 27.7 Å². The van der Waals surface area contributed by atoms with E-state index in [0.717, 1.165) is 12.8 Å². The number of aliphatic hydroxyl groups excluding tert-OH is 1. The van der Waals surface area contributed by atoms with Crippen molar-refractivity contribution in [3.8, 4) is 0 Å². The highest BCUT2D eigenvalue weighted by Crippen LogP contribution is 2.29. The maximum Gasteiger partial charge on any atom is 0.471 e. The highest BCUT2D eigenvalue weighted by Gasteiger charge is 2.44. The van der Waals surface area contributed by atoms with Crippen molar-refractivity contribution in [3.63, 3.8) is 0 Å². The van der Waals surface area contributed by atoms with Gasteiger partial charge in [0.05, 0.1) is 6.54 Å². The quantitative estimate of drug-likeness (QED) is 0.268. The molecular weight excluding hydrogens is 503 g/mol. The molecule has 1 unspecified atom stereocenters. The fourth-order valence-corrected chi connectivity index (χ4v) is 4.51. The van der Waals surface area contributed by atoms with E-state index in [1.54, 1.807) is 5.32 Å². The lowest BCUT2D eigenvalue weighted by atomic mass is 9.82. The molecule has 1 fully saturated rings. The predicted molar refractivity (Wildman–Crippen MR) is 140 cm³/mol. The van der Waals surface area contributed by atoms with Crippen molar-refractivity contribution >= 4 is 24.4 Å². The fraction of sp³-hybridized carbons (Fsp3) is 0.846. The summed E-state index contributed by atoms with van der Waals surface area (Å²) in [5.41, 5.74) is -1.71. The number of nitrogens with zero attached hydrogens (tertiary/aromatic N) is 1. The largest absolute Gasteiger partial charge is 0.471 e. The molecule has 1 aliphatic rings. The van der Waals surface area contributed by atoms with Crippen LogP contribution in [0.1, 0.15) is 81.1 Å². The van der Waals surface area contributed by atoms with Gasteiger partial charge in [0.25, 0.3) is 0 Å². The van der Waals surface area contributed by atoms with Crippen LogP contribution < -0.4 is 21.3 Å². The molecule has 0 aromatic heterocycles. The minimum atomic E-state index is -5.16. The molecule has 38 heavy (non-hydrogen) atoms. The smallest absolute Gasteiger partial charge is 0.378 e. The lowest BCUT2D eigenvalue weighted by molar-refractivity contribution is -0.175. The number of carbonyl (C=O) groups excluding carboxylic acids is 3. The minimum Gasteiger partial charge on any atom is -0.378 e. The second-order valence-corrected chi connectivity index (χ2v) is 13.2. The summed E-state index contributed by atoms with van der Waals surface area (Å²) in [6, 6.07) is -3.11. The molecule has 0 saturated carbocycles. The summed E-state index contributed by atoms with van der Waals surface area (Å²) >= 11 is 0. The van der Waals surface area contributed by atoms with Crippen LogP contribution in [0.5, 0.6) is 0 Å². The second kappa shape index (κ2) is 12.8. The van der Waals surface area contributed by atoms with Gasteiger partial charge in [0.2, 0.25) is 11.8 Å². The van der Waals surface area contributed by atoms with Crippen LogP contribution in [0, 0.1) is 16.7 Å². The number of rotatable bonds is 10. The Balaban J connectivity index is 3.09. The molecule has 0 aliphatic carbocycles. The van der Waals surface area contributed by atoms with E-state index in [1.165, 1.54) is 20.8 Å². The van der Waals surface area contributed by atoms with E-state index in [1.807, 2.05) is 34.6 Å². The summed E-state index contributed by atoms with van der Waals surface area (Å²) in [6.07, 6.45) is -3.76. The molecule has 0 radical (unpaired) electrons. The number of hydrogen-bond donors (Lipinski definition) is 5. The van der Waals surface area contributed by atoms with Gasteiger partial charge in [-0.1, -0.05) is 41.5 Å². The van der Waals surface area contributed by atoms with Crippen molar-refractivity contribution in [2.75, 3.05) is 6.54 Å². The van der Waals surface area contributed by atoms with Crippen molar-refractivity contribution in [2.24, 2.45) is 21.7 Å². The van der Waals surface area contributed by atoms with Crippen LogP contribution in [0.15, 0.2) is 4.99 Å². The molecule has 220 valence electrons. The summed E-state index contributed by atoms with van der Waals surface area (Å²) in [5, 5.41) is 20.9. The SMILES string of the molecule is C=NC[C@H](C[C@@H]1CCC(C)(C)NC1O)NC(=O)[C@H](CC(C)(C)C)NC(=O)[C@@H](NC(=O)C(F)(F)F)C(C)(C)C. The summed E-state index contributed by atoms with van der Waals surface area (Å²) in [7, 11) is 0. The first-order valence-corrected chi connectivity index (χ1v) is 12.9. The van der Waals surface area contributed by atoms with Gasteiger partial charge in [-0.25, -0.2) is 0 Å². The molecule has 0 bridgehead atoms. The van der Waals surface area contributed by atoms with Crippen LogP contribution in [0.2, 0.25) is 0 Å². The molecular formula is C26H46F3N5O4. The Morgan fingerprint density at radius 2 is 1.63 bits per heavy atom. The highest BCUT2D eigenvalue weighted by molar-refractivity contribution is 5.93. The molecule has 1 heterocycles. The van der Waals surface area contributed by atoms with E-state index in [-0.39, 0.29) is 24.4 Å². The Morgan fingerprint density at radius 3 is 2.08 bits per heavy atom. The van der Waals surface area contributed by atoms with Gasteiger partial charge < -0.3 is 21.1 Å². The van der Waals surface area contributed by atoms with Crippen LogP contribution in [0.3, 0.4) is 0 Å².